The highest BCUT2D eigenvalue weighted by Gasteiger charge is 2.24. The highest BCUT2D eigenvalue weighted by atomic mass is 19.2. The Morgan fingerprint density at radius 2 is 1.84 bits per heavy atom. The summed E-state index contributed by atoms with van der Waals surface area (Å²) in [6, 6.07) is 0.148. The van der Waals surface area contributed by atoms with Crippen molar-refractivity contribution in [2.75, 3.05) is 0 Å². The Labute approximate surface area is 107 Å². The van der Waals surface area contributed by atoms with E-state index in [0.717, 1.165) is 6.42 Å². The van der Waals surface area contributed by atoms with Crippen molar-refractivity contribution in [3.05, 3.63) is 47.1 Å². The topological polar surface area (TPSA) is 29.1 Å². The van der Waals surface area contributed by atoms with Crippen LogP contribution < -0.4 is 5.32 Å². The quantitative estimate of drug-likeness (QED) is 0.381. The van der Waals surface area contributed by atoms with Crippen LogP contribution in [0.25, 0.3) is 0 Å². The van der Waals surface area contributed by atoms with E-state index in [1.165, 1.54) is 0 Å². The highest BCUT2D eigenvalue weighted by molar-refractivity contribution is 5.94. The first-order valence-electron chi connectivity index (χ1n) is 5.79. The highest BCUT2D eigenvalue weighted by Crippen LogP contribution is 2.19. The molecule has 0 heterocycles. The van der Waals surface area contributed by atoms with Crippen molar-refractivity contribution in [3.8, 4) is 0 Å². The molecule has 1 aliphatic rings. The van der Waals surface area contributed by atoms with E-state index in [2.05, 4.69) is 5.32 Å². The van der Waals surface area contributed by atoms with E-state index < -0.39 is 34.7 Å². The molecule has 2 nitrogen and oxygen atoms in total. The molecule has 0 spiro atoms. The molecule has 2 rings (SSSR count). The number of hydrogen-bond donors (Lipinski definition) is 1. The molecule has 0 radical (unpaired) electrons. The second-order valence-corrected chi connectivity index (χ2v) is 4.30. The molecule has 0 fully saturated rings. The summed E-state index contributed by atoms with van der Waals surface area (Å²) < 4.78 is 52.1. The van der Waals surface area contributed by atoms with Gasteiger partial charge in [-0.1, -0.05) is 12.2 Å². The van der Waals surface area contributed by atoms with Crippen molar-refractivity contribution in [2.45, 2.75) is 25.3 Å². The van der Waals surface area contributed by atoms with Crippen molar-refractivity contribution in [1.29, 1.82) is 0 Å². The molecule has 19 heavy (non-hydrogen) atoms. The maximum atomic E-state index is 13.4. The minimum atomic E-state index is -1.98. The second-order valence-electron chi connectivity index (χ2n) is 4.30. The van der Waals surface area contributed by atoms with E-state index >= 15 is 0 Å². The van der Waals surface area contributed by atoms with Gasteiger partial charge in [0.05, 0.1) is 5.56 Å². The van der Waals surface area contributed by atoms with E-state index in [1.807, 2.05) is 12.2 Å². The molecule has 1 N–H and O–H groups in total. The third-order valence-electron chi connectivity index (χ3n) is 2.95. The van der Waals surface area contributed by atoms with Crippen molar-refractivity contribution >= 4 is 5.91 Å². The lowest BCUT2D eigenvalue weighted by atomic mass is 10.0. The van der Waals surface area contributed by atoms with Crippen molar-refractivity contribution in [2.24, 2.45) is 0 Å². The molecule has 1 aliphatic carbocycles. The standard InChI is InChI=1S/C13H11F4NO/c14-9-6-8(10(15)12(17)11(9)16)13(19)18-7-4-2-1-3-5-7/h1-2,6-7H,3-5H2,(H,18,19)/t7-/m1/s1. The monoisotopic (exact) mass is 273 g/mol. The van der Waals surface area contributed by atoms with Crippen LogP contribution in [0.15, 0.2) is 18.2 Å². The molecule has 1 amide bonds. The summed E-state index contributed by atoms with van der Waals surface area (Å²) in [7, 11) is 0. The van der Waals surface area contributed by atoms with Crippen LogP contribution >= 0.6 is 0 Å². The Bertz CT molecular complexity index is 542. The van der Waals surface area contributed by atoms with E-state index in [0.29, 0.717) is 18.9 Å². The number of carbonyl (C=O) groups is 1. The molecular weight excluding hydrogens is 262 g/mol. The number of carbonyl (C=O) groups excluding carboxylic acids is 1. The zero-order valence-electron chi connectivity index (χ0n) is 9.85. The number of amides is 1. The first-order chi connectivity index (χ1) is 9.00. The predicted molar refractivity (Wildman–Crippen MR) is 60.5 cm³/mol. The minimum absolute atomic E-state index is 0.215. The molecule has 0 unspecified atom stereocenters. The van der Waals surface area contributed by atoms with Crippen LogP contribution in [0.1, 0.15) is 29.6 Å². The van der Waals surface area contributed by atoms with Gasteiger partial charge in [0.1, 0.15) is 0 Å². The summed E-state index contributed by atoms with van der Waals surface area (Å²) in [5.41, 5.74) is -0.828. The normalized spacial score (nSPS) is 18.4. The Morgan fingerprint density at radius 3 is 2.47 bits per heavy atom. The first kappa shape index (κ1) is 13.6. The average Bonchev–Trinajstić information content (AvgIpc) is 2.41. The second kappa shape index (κ2) is 5.42. The van der Waals surface area contributed by atoms with Crippen LogP contribution in [0.5, 0.6) is 0 Å². The van der Waals surface area contributed by atoms with Gasteiger partial charge < -0.3 is 5.32 Å². The Balaban J connectivity index is 2.21. The van der Waals surface area contributed by atoms with E-state index in [-0.39, 0.29) is 6.04 Å². The number of halogens is 4. The average molecular weight is 273 g/mol. The number of benzene rings is 1. The SMILES string of the molecule is O=C(N[C@@H]1CC=CCC1)c1cc(F)c(F)c(F)c1F. The van der Waals surface area contributed by atoms with Crippen LogP contribution in [-0.4, -0.2) is 11.9 Å². The van der Waals surface area contributed by atoms with Crippen LogP contribution in [0.4, 0.5) is 17.6 Å². The predicted octanol–water partition coefficient (Wildman–Crippen LogP) is 3.08. The molecule has 6 heteroatoms. The van der Waals surface area contributed by atoms with Gasteiger partial charge in [-0.05, 0) is 25.3 Å². The lowest BCUT2D eigenvalue weighted by Gasteiger charge is -2.19. The largest absolute Gasteiger partial charge is 0.349 e. The maximum absolute atomic E-state index is 13.4. The van der Waals surface area contributed by atoms with Crippen molar-refractivity contribution in [1.82, 2.24) is 5.32 Å². The number of rotatable bonds is 2. The van der Waals surface area contributed by atoms with Gasteiger partial charge in [0, 0.05) is 6.04 Å². The molecule has 1 aromatic carbocycles. The minimum Gasteiger partial charge on any atom is -0.349 e. The molecule has 1 aromatic rings. The van der Waals surface area contributed by atoms with Gasteiger partial charge in [-0.15, -0.1) is 0 Å². The smallest absolute Gasteiger partial charge is 0.254 e. The lowest BCUT2D eigenvalue weighted by molar-refractivity contribution is 0.0928. The van der Waals surface area contributed by atoms with Crippen LogP contribution in [-0.2, 0) is 0 Å². The lowest BCUT2D eigenvalue weighted by Crippen LogP contribution is -2.36. The van der Waals surface area contributed by atoms with Crippen LogP contribution in [0.3, 0.4) is 0 Å². The van der Waals surface area contributed by atoms with Crippen molar-refractivity contribution in [3.63, 3.8) is 0 Å². The fourth-order valence-corrected chi connectivity index (χ4v) is 1.93. The zero-order chi connectivity index (χ0) is 14.0. The molecule has 0 aromatic heterocycles. The Morgan fingerprint density at radius 1 is 1.11 bits per heavy atom. The summed E-state index contributed by atoms with van der Waals surface area (Å²) in [6.45, 7) is 0. The molecule has 0 aliphatic heterocycles. The van der Waals surface area contributed by atoms with Gasteiger partial charge in [0.2, 0.25) is 0 Å². The zero-order valence-corrected chi connectivity index (χ0v) is 9.85. The van der Waals surface area contributed by atoms with Gasteiger partial charge >= 0.3 is 0 Å². The molecule has 0 saturated heterocycles. The summed E-state index contributed by atoms with van der Waals surface area (Å²) in [6.07, 6.45) is 5.80. The number of hydrogen-bond acceptors (Lipinski definition) is 1. The third kappa shape index (κ3) is 2.77. The van der Waals surface area contributed by atoms with Gasteiger partial charge in [-0.25, -0.2) is 17.6 Å². The third-order valence-corrected chi connectivity index (χ3v) is 2.95. The van der Waals surface area contributed by atoms with Gasteiger partial charge in [-0.3, -0.25) is 4.79 Å². The Kier molecular flexibility index (Phi) is 3.87. The molecular formula is C13H11F4NO. The van der Waals surface area contributed by atoms with Crippen LogP contribution in [0.2, 0.25) is 0 Å². The van der Waals surface area contributed by atoms with Crippen molar-refractivity contribution < 1.29 is 22.4 Å². The number of nitrogens with one attached hydrogen (secondary N) is 1. The van der Waals surface area contributed by atoms with E-state index in [9.17, 15) is 22.4 Å². The first-order valence-corrected chi connectivity index (χ1v) is 5.79. The molecule has 0 saturated carbocycles. The summed E-state index contributed by atoms with van der Waals surface area (Å²) in [5.74, 6) is -8.12. The van der Waals surface area contributed by atoms with Crippen LogP contribution in [0, 0.1) is 23.3 Å². The summed E-state index contributed by atoms with van der Waals surface area (Å²) in [5, 5.41) is 2.46. The van der Waals surface area contributed by atoms with E-state index in [1.54, 1.807) is 0 Å². The van der Waals surface area contributed by atoms with Gasteiger partial charge in [-0.2, -0.15) is 0 Å². The van der Waals surface area contributed by atoms with Gasteiger partial charge in [0.25, 0.3) is 5.91 Å². The summed E-state index contributed by atoms with van der Waals surface area (Å²) in [4.78, 5) is 11.7. The number of allylic oxidation sites excluding steroid dienone is 1. The molecule has 0 bridgehead atoms. The fourth-order valence-electron chi connectivity index (χ4n) is 1.93. The molecule has 1 atom stereocenters. The van der Waals surface area contributed by atoms with Gasteiger partial charge in [0.15, 0.2) is 23.3 Å². The fraction of sp³-hybridized carbons (Fsp3) is 0.308. The summed E-state index contributed by atoms with van der Waals surface area (Å²) >= 11 is 0. The Hall–Kier alpha value is -1.85. The maximum Gasteiger partial charge on any atom is 0.254 e. The molecule has 102 valence electrons. The van der Waals surface area contributed by atoms with E-state index in [4.69, 9.17) is 0 Å².